The fraction of sp³-hybridized carbons (Fsp3) is 0.286. The van der Waals surface area contributed by atoms with Gasteiger partial charge in [-0.05, 0) is 30.3 Å². The number of ether oxygens (including phenoxy) is 3. The van der Waals surface area contributed by atoms with Crippen molar-refractivity contribution < 1.29 is 32.2 Å². The van der Waals surface area contributed by atoms with Crippen LogP contribution in [0.3, 0.4) is 0 Å². The van der Waals surface area contributed by atoms with Crippen LogP contribution in [0.4, 0.5) is 24.5 Å². The molecule has 0 saturated heterocycles. The van der Waals surface area contributed by atoms with Gasteiger partial charge in [-0.25, -0.2) is 4.79 Å². The van der Waals surface area contributed by atoms with Gasteiger partial charge < -0.3 is 19.5 Å². The molecule has 0 bridgehead atoms. The zero-order chi connectivity index (χ0) is 21.1. The van der Waals surface area contributed by atoms with E-state index in [1.54, 1.807) is 18.2 Å². The number of hydrogen-bond donors (Lipinski definition) is 1. The summed E-state index contributed by atoms with van der Waals surface area (Å²) in [5.41, 5.74) is -0.0519. The van der Waals surface area contributed by atoms with Crippen molar-refractivity contribution in [1.82, 2.24) is 0 Å². The van der Waals surface area contributed by atoms with Gasteiger partial charge in [0.05, 0.1) is 36.6 Å². The smallest absolute Gasteiger partial charge is 0.416 e. The molecule has 0 saturated carbocycles. The summed E-state index contributed by atoms with van der Waals surface area (Å²) < 4.78 is 54.1. The van der Waals surface area contributed by atoms with Crippen LogP contribution in [0.2, 0.25) is 0 Å². The minimum absolute atomic E-state index is 0.0197. The molecule has 0 amide bonds. The van der Waals surface area contributed by atoms with E-state index in [1.165, 1.54) is 18.2 Å². The third-order valence-electron chi connectivity index (χ3n) is 3.63. The van der Waals surface area contributed by atoms with Crippen LogP contribution in [-0.2, 0) is 20.4 Å². The number of rotatable bonds is 10. The van der Waals surface area contributed by atoms with Gasteiger partial charge in [0.2, 0.25) is 0 Å². The Balaban J connectivity index is 1.91. The van der Waals surface area contributed by atoms with Crippen molar-refractivity contribution in [2.24, 2.45) is 0 Å². The molecule has 0 heterocycles. The number of benzene rings is 2. The van der Waals surface area contributed by atoms with E-state index < -0.39 is 17.7 Å². The van der Waals surface area contributed by atoms with Gasteiger partial charge in [0.1, 0.15) is 13.2 Å². The summed E-state index contributed by atoms with van der Waals surface area (Å²) in [6.45, 7) is 1.04. The molecule has 154 valence electrons. The normalized spacial score (nSPS) is 11.0. The van der Waals surface area contributed by atoms with Crippen LogP contribution in [0.25, 0.3) is 0 Å². The molecule has 1 N–H and O–H groups in total. The van der Waals surface area contributed by atoms with Gasteiger partial charge in [0.25, 0.3) is 0 Å². The number of halogens is 3. The molecule has 29 heavy (non-hydrogen) atoms. The Morgan fingerprint density at radius 3 is 2.48 bits per heavy atom. The van der Waals surface area contributed by atoms with E-state index in [1.807, 2.05) is 0 Å². The maximum absolute atomic E-state index is 12.9. The van der Waals surface area contributed by atoms with Crippen molar-refractivity contribution in [3.63, 3.8) is 0 Å². The number of esters is 1. The van der Waals surface area contributed by atoms with Gasteiger partial charge >= 0.3 is 12.1 Å². The van der Waals surface area contributed by atoms with Crippen LogP contribution in [0.5, 0.6) is 0 Å². The number of carbonyl (C=O) groups is 1. The predicted octanol–water partition coefficient (Wildman–Crippen LogP) is 4.27. The predicted molar refractivity (Wildman–Crippen MR) is 102 cm³/mol. The summed E-state index contributed by atoms with van der Waals surface area (Å²) in [6.07, 6.45) is 0.582. The van der Waals surface area contributed by atoms with Crippen molar-refractivity contribution in [1.29, 1.82) is 0 Å². The van der Waals surface area contributed by atoms with Crippen molar-refractivity contribution in [3.8, 4) is 12.3 Å². The first-order chi connectivity index (χ1) is 13.9. The molecule has 0 fully saturated rings. The van der Waals surface area contributed by atoms with Crippen LogP contribution in [0, 0.1) is 12.3 Å². The first-order valence-corrected chi connectivity index (χ1v) is 8.71. The van der Waals surface area contributed by atoms with Gasteiger partial charge in [0.15, 0.2) is 0 Å². The van der Waals surface area contributed by atoms with Crippen molar-refractivity contribution in [2.75, 3.05) is 38.4 Å². The molecule has 0 unspecified atom stereocenters. The van der Waals surface area contributed by atoms with E-state index in [0.29, 0.717) is 18.9 Å². The zero-order valence-electron chi connectivity index (χ0n) is 15.5. The summed E-state index contributed by atoms with van der Waals surface area (Å²) in [5.74, 6) is 1.71. The summed E-state index contributed by atoms with van der Waals surface area (Å²) in [4.78, 5) is 12.3. The highest BCUT2D eigenvalue weighted by molar-refractivity contribution is 5.96. The molecule has 0 aliphatic heterocycles. The Morgan fingerprint density at radius 2 is 1.72 bits per heavy atom. The zero-order valence-corrected chi connectivity index (χ0v) is 15.5. The molecule has 0 atom stereocenters. The van der Waals surface area contributed by atoms with Crippen LogP contribution in [0.15, 0.2) is 48.5 Å². The van der Waals surface area contributed by atoms with Crippen molar-refractivity contribution >= 4 is 17.3 Å². The number of carbonyl (C=O) groups excluding carboxylic acids is 1. The second-order valence-corrected chi connectivity index (χ2v) is 5.75. The number of anilines is 2. The molecule has 0 radical (unpaired) electrons. The summed E-state index contributed by atoms with van der Waals surface area (Å²) in [7, 11) is 0. The molecule has 2 rings (SSSR count). The molecule has 5 nitrogen and oxygen atoms in total. The van der Waals surface area contributed by atoms with E-state index in [0.717, 1.165) is 12.1 Å². The highest BCUT2D eigenvalue weighted by Gasteiger charge is 2.30. The topological polar surface area (TPSA) is 56.8 Å². The molecule has 2 aromatic rings. The highest BCUT2D eigenvalue weighted by atomic mass is 19.4. The van der Waals surface area contributed by atoms with E-state index in [9.17, 15) is 18.0 Å². The lowest BCUT2D eigenvalue weighted by atomic mass is 10.1. The van der Waals surface area contributed by atoms with Crippen LogP contribution in [0.1, 0.15) is 15.9 Å². The quantitative estimate of drug-likeness (QED) is 0.362. The number of hydrogen-bond acceptors (Lipinski definition) is 5. The third kappa shape index (κ3) is 7.49. The highest BCUT2D eigenvalue weighted by Crippen LogP contribution is 2.31. The van der Waals surface area contributed by atoms with Gasteiger partial charge in [-0.2, -0.15) is 13.2 Å². The fourth-order valence-corrected chi connectivity index (χ4v) is 2.32. The standard InChI is InChI=1S/C21H20F3NO4/c1-2-10-27-11-12-28-13-14-29-20(26)18-8-3-4-9-19(18)25-17-7-5-6-16(15-17)21(22,23)24/h1,3-9,15,25H,10-14H2. The molecular formula is C21H20F3NO4. The lowest BCUT2D eigenvalue weighted by molar-refractivity contribution is -0.137. The van der Waals surface area contributed by atoms with E-state index >= 15 is 0 Å². The summed E-state index contributed by atoms with van der Waals surface area (Å²) >= 11 is 0. The molecule has 8 heteroatoms. The Bertz CT molecular complexity index is 846. The van der Waals surface area contributed by atoms with Gasteiger partial charge in [-0.1, -0.05) is 24.1 Å². The lowest BCUT2D eigenvalue weighted by Crippen LogP contribution is -2.14. The first kappa shape index (κ1) is 22.3. The van der Waals surface area contributed by atoms with E-state index in [-0.39, 0.29) is 31.1 Å². The average molecular weight is 407 g/mol. The molecule has 0 aliphatic carbocycles. The number of nitrogens with one attached hydrogen (secondary N) is 1. The van der Waals surface area contributed by atoms with Crippen LogP contribution < -0.4 is 5.32 Å². The molecule has 0 spiro atoms. The van der Waals surface area contributed by atoms with Gasteiger partial charge in [-0.15, -0.1) is 6.42 Å². The second kappa shape index (κ2) is 11.1. The minimum atomic E-state index is -4.46. The van der Waals surface area contributed by atoms with E-state index in [4.69, 9.17) is 20.6 Å². The molecular weight excluding hydrogens is 387 g/mol. The van der Waals surface area contributed by atoms with Crippen LogP contribution in [-0.4, -0.2) is 39.0 Å². The van der Waals surface area contributed by atoms with Crippen molar-refractivity contribution in [2.45, 2.75) is 6.18 Å². The summed E-state index contributed by atoms with van der Waals surface area (Å²) in [6, 6.07) is 11.1. The first-order valence-electron chi connectivity index (χ1n) is 8.71. The summed E-state index contributed by atoms with van der Waals surface area (Å²) in [5, 5.41) is 2.83. The number of para-hydroxylation sites is 1. The van der Waals surface area contributed by atoms with Gasteiger partial charge in [-0.3, -0.25) is 0 Å². The maximum Gasteiger partial charge on any atom is 0.416 e. The molecule has 0 aliphatic rings. The second-order valence-electron chi connectivity index (χ2n) is 5.75. The van der Waals surface area contributed by atoms with E-state index in [2.05, 4.69) is 11.2 Å². The fourth-order valence-electron chi connectivity index (χ4n) is 2.32. The monoisotopic (exact) mass is 407 g/mol. The Morgan fingerprint density at radius 1 is 1.00 bits per heavy atom. The minimum Gasteiger partial charge on any atom is -0.460 e. The maximum atomic E-state index is 12.9. The molecule has 2 aromatic carbocycles. The average Bonchev–Trinajstić information content (AvgIpc) is 2.70. The Labute approximate surface area is 166 Å². The van der Waals surface area contributed by atoms with Crippen LogP contribution >= 0.6 is 0 Å². The lowest BCUT2D eigenvalue weighted by Gasteiger charge is -2.13. The Hall–Kier alpha value is -3.02. The molecule has 0 aromatic heterocycles. The third-order valence-corrected chi connectivity index (χ3v) is 3.63. The number of terminal acetylenes is 1. The van der Waals surface area contributed by atoms with Crippen molar-refractivity contribution in [3.05, 3.63) is 59.7 Å². The van der Waals surface area contributed by atoms with Gasteiger partial charge in [0, 0.05) is 5.69 Å². The largest absolute Gasteiger partial charge is 0.460 e. The Kier molecular flexibility index (Phi) is 8.52. The number of alkyl halides is 3. The SMILES string of the molecule is C#CCOCCOCCOC(=O)c1ccccc1Nc1cccc(C(F)(F)F)c1.